The molecular formula is C13H14N6. The van der Waals surface area contributed by atoms with E-state index in [1.807, 2.05) is 17.8 Å². The van der Waals surface area contributed by atoms with Crippen LogP contribution in [0.1, 0.15) is 23.0 Å². The van der Waals surface area contributed by atoms with E-state index < -0.39 is 0 Å². The van der Waals surface area contributed by atoms with E-state index in [0.717, 1.165) is 31.0 Å². The first-order valence-electron chi connectivity index (χ1n) is 6.19. The van der Waals surface area contributed by atoms with E-state index >= 15 is 0 Å². The summed E-state index contributed by atoms with van der Waals surface area (Å²) in [6.45, 7) is 4.63. The molecule has 2 aromatic heterocycles. The maximum absolute atomic E-state index is 8.77. The van der Waals surface area contributed by atoms with Crippen LogP contribution in [0.3, 0.4) is 0 Å². The van der Waals surface area contributed by atoms with Crippen LogP contribution in [0.4, 0.5) is 0 Å². The molecule has 1 aliphatic heterocycles. The van der Waals surface area contributed by atoms with Gasteiger partial charge in [0.25, 0.3) is 0 Å². The first-order valence-corrected chi connectivity index (χ1v) is 6.19. The number of hydrogen-bond donors (Lipinski definition) is 0. The van der Waals surface area contributed by atoms with Gasteiger partial charge in [-0.1, -0.05) is 0 Å². The van der Waals surface area contributed by atoms with Crippen molar-refractivity contribution < 1.29 is 0 Å². The molecular weight excluding hydrogens is 240 g/mol. The lowest BCUT2D eigenvalue weighted by Gasteiger charge is -2.38. The predicted octanol–water partition coefficient (Wildman–Crippen LogP) is 0.910. The molecule has 0 amide bonds. The Morgan fingerprint density at radius 3 is 2.89 bits per heavy atom. The third-order valence-electron chi connectivity index (χ3n) is 3.23. The molecule has 0 unspecified atom stereocenters. The summed E-state index contributed by atoms with van der Waals surface area (Å²) in [5.41, 5.74) is 2.56. The van der Waals surface area contributed by atoms with Gasteiger partial charge in [-0.3, -0.25) is 19.5 Å². The van der Waals surface area contributed by atoms with Crippen LogP contribution in [-0.4, -0.2) is 37.7 Å². The highest BCUT2D eigenvalue weighted by Gasteiger charge is 2.28. The van der Waals surface area contributed by atoms with Gasteiger partial charge in [0.15, 0.2) is 0 Å². The first-order chi connectivity index (χ1) is 9.24. The van der Waals surface area contributed by atoms with E-state index in [2.05, 4.69) is 26.0 Å². The van der Waals surface area contributed by atoms with Crippen molar-refractivity contribution in [2.45, 2.75) is 19.5 Å². The maximum atomic E-state index is 8.77. The van der Waals surface area contributed by atoms with Crippen LogP contribution in [-0.2, 0) is 6.54 Å². The van der Waals surface area contributed by atoms with E-state index in [4.69, 9.17) is 5.26 Å². The number of hydrogen-bond acceptors (Lipinski definition) is 5. The summed E-state index contributed by atoms with van der Waals surface area (Å²) in [7, 11) is 0. The van der Waals surface area contributed by atoms with Crippen LogP contribution in [0, 0.1) is 18.3 Å². The number of aryl methyl sites for hydroxylation is 1. The molecule has 1 saturated heterocycles. The molecule has 1 aliphatic rings. The van der Waals surface area contributed by atoms with E-state index in [1.165, 1.54) is 0 Å². The normalized spacial score (nSPS) is 16.0. The fraction of sp³-hybridized carbons (Fsp3) is 0.385. The van der Waals surface area contributed by atoms with E-state index in [1.54, 1.807) is 18.6 Å². The Morgan fingerprint density at radius 1 is 1.37 bits per heavy atom. The molecule has 0 saturated carbocycles. The van der Waals surface area contributed by atoms with Crippen LogP contribution in [0.2, 0.25) is 0 Å². The highest BCUT2D eigenvalue weighted by atomic mass is 15.4. The number of nitrogens with zero attached hydrogens (tertiary/aromatic N) is 6. The summed E-state index contributed by atoms with van der Waals surface area (Å²) in [6.07, 6.45) is 6.97. The Balaban J connectivity index is 1.57. The lowest BCUT2D eigenvalue weighted by Crippen LogP contribution is -2.47. The van der Waals surface area contributed by atoms with E-state index in [-0.39, 0.29) is 0 Å². The lowest BCUT2D eigenvalue weighted by molar-refractivity contribution is 0.0894. The van der Waals surface area contributed by atoms with Crippen molar-refractivity contribution in [1.82, 2.24) is 24.6 Å². The molecule has 0 radical (unpaired) electrons. The molecule has 6 heteroatoms. The monoisotopic (exact) mass is 254 g/mol. The standard InChI is InChI=1S/C13H14N6/c1-10-3-15-5-12(17-10)7-18-8-13(9-18)19-6-11(2-14)4-16-19/h3-6,13H,7-9H2,1H3. The summed E-state index contributed by atoms with van der Waals surface area (Å²) in [6, 6.07) is 2.45. The third-order valence-corrected chi connectivity index (χ3v) is 3.23. The van der Waals surface area contributed by atoms with Gasteiger partial charge in [0.05, 0.1) is 29.2 Å². The minimum atomic E-state index is 0.361. The second-order valence-electron chi connectivity index (χ2n) is 4.82. The SMILES string of the molecule is Cc1cncc(CN2CC(n3cc(C#N)cn3)C2)n1. The molecule has 19 heavy (non-hydrogen) atoms. The smallest absolute Gasteiger partial charge is 0.102 e. The zero-order chi connectivity index (χ0) is 13.2. The zero-order valence-corrected chi connectivity index (χ0v) is 10.7. The molecule has 0 N–H and O–H groups in total. The Hall–Kier alpha value is -2.26. The number of rotatable bonds is 3. The van der Waals surface area contributed by atoms with Crippen molar-refractivity contribution in [3.05, 3.63) is 41.7 Å². The Labute approximate surface area is 111 Å². The van der Waals surface area contributed by atoms with Crippen LogP contribution >= 0.6 is 0 Å². The van der Waals surface area contributed by atoms with Gasteiger partial charge in [-0.05, 0) is 6.92 Å². The summed E-state index contributed by atoms with van der Waals surface area (Å²) in [5, 5.41) is 13.0. The van der Waals surface area contributed by atoms with Crippen molar-refractivity contribution in [2.24, 2.45) is 0 Å². The molecule has 1 fully saturated rings. The van der Waals surface area contributed by atoms with Gasteiger partial charge < -0.3 is 0 Å². The van der Waals surface area contributed by atoms with Crippen molar-refractivity contribution in [3.63, 3.8) is 0 Å². The quantitative estimate of drug-likeness (QED) is 0.814. The molecule has 96 valence electrons. The predicted molar refractivity (Wildman–Crippen MR) is 68.0 cm³/mol. The van der Waals surface area contributed by atoms with Crippen LogP contribution in [0.5, 0.6) is 0 Å². The van der Waals surface area contributed by atoms with E-state index in [0.29, 0.717) is 11.6 Å². The lowest BCUT2D eigenvalue weighted by atomic mass is 10.1. The van der Waals surface area contributed by atoms with Crippen molar-refractivity contribution in [3.8, 4) is 6.07 Å². The third kappa shape index (κ3) is 2.46. The highest BCUT2D eigenvalue weighted by Crippen LogP contribution is 2.22. The fourth-order valence-corrected chi connectivity index (χ4v) is 2.26. The molecule has 2 aromatic rings. The van der Waals surface area contributed by atoms with Gasteiger partial charge >= 0.3 is 0 Å². The summed E-state index contributed by atoms with van der Waals surface area (Å²) in [4.78, 5) is 10.9. The van der Waals surface area contributed by atoms with Crippen molar-refractivity contribution in [2.75, 3.05) is 13.1 Å². The summed E-state index contributed by atoms with van der Waals surface area (Å²) >= 11 is 0. The molecule has 3 heterocycles. The van der Waals surface area contributed by atoms with Crippen LogP contribution in [0.25, 0.3) is 0 Å². The Bertz CT molecular complexity index is 620. The van der Waals surface area contributed by atoms with Crippen molar-refractivity contribution >= 4 is 0 Å². The van der Waals surface area contributed by atoms with Gasteiger partial charge in [-0.15, -0.1) is 0 Å². The van der Waals surface area contributed by atoms with Crippen molar-refractivity contribution in [1.29, 1.82) is 5.26 Å². The molecule has 3 rings (SSSR count). The van der Waals surface area contributed by atoms with Gasteiger partial charge in [-0.2, -0.15) is 10.4 Å². The van der Waals surface area contributed by atoms with Crippen LogP contribution < -0.4 is 0 Å². The minimum Gasteiger partial charge on any atom is -0.293 e. The summed E-state index contributed by atoms with van der Waals surface area (Å²) < 4.78 is 1.87. The second-order valence-corrected chi connectivity index (χ2v) is 4.82. The first kappa shape index (κ1) is 11.8. The molecule has 0 spiro atoms. The molecule has 0 aromatic carbocycles. The number of nitriles is 1. The van der Waals surface area contributed by atoms with Crippen LogP contribution in [0.15, 0.2) is 24.8 Å². The molecule has 0 atom stereocenters. The van der Waals surface area contributed by atoms with Gasteiger partial charge in [0.2, 0.25) is 0 Å². The Kier molecular flexibility index (Phi) is 2.97. The topological polar surface area (TPSA) is 70.6 Å². The zero-order valence-electron chi connectivity index (χ0n) is 10.7. The number of likely N-dealkylation sites (tertiary alicyclic amines) is 1. The largest absolute Gasteiger partial charge is 0.293 e. The number of aromatic nitrogens is 4. The molecule has 6 nitrogen and oxygen atoms in total. The van der Waals surface area contributed by atoms with Gasteiger partial charge in [-0.25, -0.2) is 0 Å². The van der Waals surface area contributed by atoms with Gasteiger partial charge in [0, 0.05) is 38.2 Å². The fourth-order valence-electron chi connectivity index (χ4n) is 2.26. The second kappa shape index (κ2) is 4.78. The molecule has 0 bridgehead atoms. The Morgan fingerprint density at radius 2 is 2.21 bits per heavy atom. The average molecular weight is 254 g/mol. The average Bonchev–Trinajstić information content (AvgIpc) is 2.81. The highest BCUT2D eigenvalue weighted by molar-refractivity contribution is 5.22. The maximum Gasteiger partial charge on any atom is 0.102 e. The van der Waals surface area contributed by atoms with Gasteiger partial charge in [0.1, 0.15) is 6.07 Å². The summed E-state index contributed by atoms with van der Waals surface area (Å²) in [5.74, 6) is 0. The molecule has 0 aliphatic carbocycles. The van der Waals surface area contributed by atoms with E-state index in [9.17, 15) is 0 Å². The minimum absolute atomic E-state index is 0.361.